The van der Waals surface area contributed by atoms with Gasteiger partial charge in [-0.25, -0.2) is 0 Å². The van der Waals surface area contributed by atoms with E-state index in [9.17, 15) is 26.3 Å². The predicted octanol–water partition coefficient (Wildman–Crippen LogP) is 4.29. The lowest BCUT2D eigenvalue weighted by molar-refractivity contribution is -0.274. The van der Waals surface area contributed by atoms with Gasteiger partial charge in [0.05, 0.1) is 4.47 Å². The van der Waals surface area contributed by atoms with E-state index >= 15 is 0 Å². The molecule has 0 amide bonds. The van der Waals surface area contributed by atoms with Crippen molar-refractivity contribution in [2.45, 2.75) is 12.5 Å². The van der Waals surface area contributed by atoms with E-state index in [1.54, 1.807) is 0 Å². The van der Waals surface area contributed by atoms with Crippen molar-refractivity contribution in [3.63, 3.8) is 0 Å². The van der Waals surface area contributed by atoms with Crippen LogP contribution in [-0.4, -0.2) is 19.1 Å². The second kappa shape index (κ2) is 5.25. The molecule has 0 aromatic heterocycles. The zero-order chi connectivity index (χ0) is 14.0. The molecular formula is C9H5BrF6O2. The molecule has 1 aromatic carbocycles. The summed E-state index contributed by atoms with van der Waals surface area (Å²) in [5.74, 6) is -1.06. The van der Waals surface area contributed by atoms with Gasteiger partial charge in [-0.1, -0.05) is 0 Å². The molecule has 0 heterocycles. The molecule has 102 valence electrons. The van der Waals surface area contributed by atoms with E-state index in [-0.39, 0.29) is 4.47 Å². The van der Waals surface area contributed by atoms with Crippen LogP contribution in [0.4, 0.5) is 26.3 Å². The first-order valence-corrected chi connectivity index (χ1v) is 5.11. The molecule has 1 rings (SSSR count). The Hall–Kier alpha value is -1.12. The van der Waals surface area contributed by atoms with Crippen molar-refractivity contribution >= 4 is 15.9 Å². The van der Waals surface area contributed by atoms with Gasteiger partial charge in [-0.15, -0.1) is 13.2 Å². The largest absolute Gasteiger partial charge is 0.573 e. The van der Waals surface area contributed by atoms with Crippen molar-refractivity contribution in [3.05, 3.63) is 22.7 Å². The standard InChI is InChI=1S/C9H5BrF6O2/c10-6-2-1-5(18-9(14,15)16)3-7(6)17-4-8(11,12)13/h1-3H,4H2. The number of ether oxygens (including phenoxy) is 2. The third kappa shape index (κ3) is 5.48. The minimum Gasteiger partial charge on any atom is -0.483 e. The molecule has 0 bridgehead atoms. The van der Waals surface area contributed by atoms with E-state index in [2.05, 4.69) is 25.4 Å². The Morgan fingerprint density at radius 3 is 2.17 bits per heavy atom. The van der Waals surface area contributed by atoms with Crippen LogP contribution in [-0.2, 0) is 0 Å². The van der Waals surface area contributed by atoms with Gasteiger partial charge in [-0.2, -0.15) is 13.2 Å². The monoisotopic (exact) mass is 338 g/mol. The lowest BCUT2D eigenvalue weighted by atomic mass is 10.3. The van der Waals surface area contributed by atoms with Gasteiger partial charge in [0, 0.05) is 6.07 Å². The van der Waals surface area contributed by atoms with Gasteiger partial charge in [-0.3, -0.25) is 0 Å². The third-order valence-electron chi connectivity index (χ3n) is 1.53. The second-order valence-electron chi connectivity index (χ2n) is 3.04. The molecule has 0 atom stereocenters. The third-order valence-corrected chi connectivity index (χ3v) is 2.18. The lowest BCUT2D eigenvalue weighted by Crippen LogP contribution is -2.20. The van der Waals surface area contributed by atoms with Crippen molar-refractivity contribution in [2.75, 3.05) is 6.61 Å². The maximum atomic E-state index is 11.9. The molecule has 0 spiro atoms. The van der Waals surface area contributed by atoms with E-state index in [1.165, 1.54) is 0 Å². The summed E-state index contributed by atoms with van der Waals surface area (Å²) in [7, 11) is 0. The molecule has 0 aliphatic rings. The summed E-state index contributed by atoms with van der Waals surface area (Å²) in [6.45, 7) is -1.61. The normalized spacial score (nSPS) is 12.4. The molecule has 9 heteroatoms. The molecule has 0 unspecified atom stereocenters. The van der Waals surface area contributed by atoms with Gasteiger partial charge in [0.1, 0.15) is 11.5 Å². The zero-order valence-corrected chi connectivity index (χ0v) is 9.99. The van der Waals surface area contributed by atoms with Gasteiger partial charge < -0.3 is 9.47 Å². The van der Waals surface area contributed by atoms with Gasteiger partial charge in [0.25, 0.3) is 0 Å². The number of halogens is 7. The average molecular weight is 339 g/mol. The molecule has 0 aliphatic carbocycles. The van der Waals surface area contributed by atoms with E-state index in [1.807, 2.05) is 0 Å². The first-order valence-electron chi connectivity index (χ1n) is 4.32. The molecule has 18 heavy (non-hydrogen) atoms. The van der Waals surface area contributed by atoms with Crippen LogP contribution in [0.3, 0.4) is 0 Å². The average Bonchev–Trinajstić information content (AvgIpc) is 2.15. The highest BCUT2D eigenvalue weighted by Gasteiger charge is 2.32. The number of alkyl halides is 6. The first-order chi connectivity index (χ1) is 8.07. The van der Waals surface area contributed by atoms with Crippen LogP contribution in [0.25, 0.3) is 0 Å². The summed E-state index contributed by atoms with van der Waals surface area (Å²) in [4.78, 5) is 0. The fraction of sp³-hybridized carbons (Fsp3) is 0.333. The Bertz CT molecular complexity index is 414. The second-order valence-corrected chi connectivity index (χ2v) is 3.90. The van der Waals surface area contributed by atoms with Gasteiger partial charge >= 0.3 is 12.5 Å². The number of benzene rings is 1. The molecule has 0 fully saturated rings. The highest BCUT2D eigenvalue weighted by Crippen LogP contribution is 2.33. The lowest BCUT2D eigenvalue weighted by Gasteiger charge is -2.13. The number of hydrogen-bond acceptors (Lipinski definition) is 2. The Balaban J connectivity index is 2.82. The maximum absolute atomic E-state index is 11.9. The van der Waals surface area contributed by atoms with Crippen LogP contribution in [0.5, 0.6) is 11.5 Å². The van der Waals surface area contributed by atoms with Crippen LogP contribution >= 0.6 is 15.9 Å². The maximum Gasteiger partial charge on any atom is 0.573 e. The van der Waals surface area contributed by atoms with Crippen molar-refractivity contribution in [1.82, 2.24) is 0 Å². The molecule has 0 saturated carbocycles. The highest BCUT2D eigenvalue weighted by molar-refractivity contribution is 9.10. The topological polar surface area (TPSA) is 18.5 Å². The van der Waals surface area contributed by atoms with Crippen LogP contribution in [0, 0.1) is 0 Å². The Morgan fingerprint density at radius 2 is 1.67 bits per heavy atom. The summed E-state index contributed by atoms with van der Waals surface area (Å²) in [5.41, 5.74) is 0. The molecule has 0 N–H and O–H groups in total. The Morgan fingerprint density at radius 1 is 1.06 bits per heavy atom. The summed E-state index contributed by atoms with van der Waals surface area (Å²) in [6.07, 6.45) is -9.50. The van der Waals surface area contributed by atoms with Gasteiger partial charge in [-0.05, 0) is 28.1 Å². The van der Waals surface area contributed by atoms with Gasteiger partial charge in [0.15, 0.2) is 6.61 Å². The Labute approximate surface area is 106 Å². The van der Waals surface area contributed by atoms with Crippen molar-refractivity contribution in [1.29, 1.82) is 0 Å². The van der Waals surface area contributed by atoms with Crippen LogP contribution in [0.2, 0.25) is 0 Å². The van der Waals surface area contributed by atoms with E-state index in [0.717, 1.165) is 12.1 Å². The van der Waals surface area contributed by atoms with Crippen LogP contribution in [0.1, 0.15) is 0 Å². The zero-order valence-electron chi connectivity index (χ0n) is 8.40. The summed E-state index contributed by atoms with van der Waals surface area (Å²) < 4.78 is 79.3. The predicted molar refractivity (Wildman–Crippen MR) is 52.4 cm³/mol. The molecule has 0 aliphatic heterocycles. The Kier molecular flexibility index (Phi) is 4.36. The molecule has 0 radical (unpaired) electrons. The summed E-state index contributed by atoms with van der Waals surface area (Å²) in [6, 6.07) is 2.74. The smallest absolute Gasteiger partial charge is 0.483 e. The minimum absolute atomic E-state index is 0.0845. The highest BCUT2D eigenvalue weighted by atomic mass is 79.9. The van der Waals surface area contributed by atoms with Crippen LogP contribution < -0.4 is 9.47 Å². The first kappa shape index (κ1) is 14.9. The van der Waals surface area contributed by atoms with Gasteiger partial charge in [0.2, 0.25) is 0 Å². The van der Waals surface area contributed by atoms with Crippen molar-refractivity contribution in [2.24, 2.45) is 0 Å². The number of hydrogen-bond donors (Lipinski definition) is 0. The molecule has 1 aromatic rings. The molecule has 0 saturated heterocycles. The SMILES string of the molecule is FC(F)(F)COc1cc(OC(F)(F)F)ccc1Br. The fourth-order valence-corrected chi connectivity index (χ4v) is 1.31. The van der Waals surface area contributed by atoms with Crippen LogP contribution in [0.15, 0.2) is 22.7 Å². The minimum atomic E-state index is -4.92. The van der Waals surface area contributed by atoms with E-state index < -0.39 is 30.6 Å². The fourth-order valence-electron chi connectivity index (χ4n) is 0.951. The van der Waals surface area contributed by atoms with E-state index in [4.69, 9.17) is 0 Å². The summed E-state index contributed by atoms with van der Waals surface area (Å²) >= 11 is 2.85. The quantitative estimate of drug-likeness (QED) is 0.765. The number of rotatable bonds is 3. The van der Waals surface area contributed by atoms with E-state index in [0.29, 0.717) is 6.07 Å². The molecule has 2 nitrogen and oxygen atoms in total. The molecular weight excluding hydrogens is 334 g/mol. The summed E-state index contributed by atoms with van der Waals surface area (Å²) in [5, 5.41) is 0. The van der Waals surface area contributed by atoms with Crippen molar-refractivity contribution < 1.29 is 35.8 Å². The van der Waals surface area contributed by atoms with Crippen molar-refractivity contribution in [3.8, 4) is 11.5 Å².